The number of nitrogens with zero attached hydrogens (tertiary/aromatic N) is 3. The molecular weight excluding hydrogens is 628 g/mol. The van der Waals surface area contributed by atoms with Crippen molar-refractivity contribution in [3.8, 4) is 0 Å². The number of amides is 3. The van der Waals surface area contributed by atoms with Gasteiger partial charge in [0.15, 0.2) is 0 Å². The minimum atomic E-state index is -0.875. The smallest absolute Gasteiger partial charge is 0.252 e. The number of likely N-dealkylation sites (N-methyl/N-ethyl adjacent to an activating group) is 1. The second-order valence-corrected chi connectivity index (χ2v) is 11.5. The molecule has 3 amide bonds. The summed E-state index contributed by atoms with van der Waals surface area (Å²) in [5.41, 5.74) is 1.92. The van der Waals surface area contributed by atoms with Gasteiger partial charge in [0.2, 0.25) is 11.8 Å². The molecule has 2 aromatic carbocycles. The van der Waals surface area contributed by atoms with Crippen molar-refractivity contribution in [2.75, 3.05) is 26.7 Å². The summed E-state index contributed by atoms with van der Waals surface area (Å²) in [6.07, 6.45) is 5.15. The Bertz CT molecular complexity index is 1410. The number of carbonyl (C=O) groups excluding carboxylic acids is 3. The van der Waals surface area contributed by atoms with Crippen LogP contribution in [-0.2, 0) is 22.4 Å². The molecule has 0 saturated carbocycles. The van der Waals surface area contributed by atoms with E-state index in [0.717, 1.165) is 17.5 Å². The van der Waals surface area contributed by atoms with Gasteiger partial charge in [0.05, 0.1) is 6.04 Å². The Kier molecular flexibility index (Phi) is 13.4. The van der Waals surface area contributed by atoms with Gasteiger partial charge in [-0.05, 0) is 60.4 Å². The molecule has 1 aliphatic rings. The first-order valence-corrected chi connectivity index (χ1v) is 15.1. The Balaban J connectivity index is 0.00000529. The maximum Gasteiger partial charge on any atom is 0.252 e. The lowest BCUT2D eigenvalue weighted by molar-refractivity contribution is -0.140. The van der Waals surface area contributed by atoms with E-state index in [9.17, 15) is 18.8 Å². The molecule has 12 heteroatoms. The van der Waals surface area contributed by atoms with Crippen LogP contribution < -0.4 is 10.6 Å². The highest BCUT2D eigenvalue weighted by Crippen LogP contribution is 2.26. The van der Waals surface area contributed by atoms with Crippen LogP contribution in [0.4, 0.5) is 4.39 Å². The third-order valence-electron chi connectivity index (χ3n) is 7.74. The predicted octanol–water partition coefficient (Wildman–Crippen LogP) is 4.96. The van der Waals surface area contributed by atoms with Crippen molar-refractivity contribution in [2.45, 2.75) is 50.7 Å². The summed E-state index contributed by atoms with van der Waals surface area (Å²) in [4.78, 5) is 48.2. The van der Waals surface area contributed by atoms with Crippen LogP contribution in [0.5, 0.6) is 0 Å². The third-order valence-corrected chi connectivity index (χ3v) is 8.32. The molecule has 1 saturated heterocycles. The Morgan fingerprint density at radius 3 is 2.36 bits per heavy atom. The number of carbonyl (C=O) groups is 3. The number of benzene rings is 2. The van der Waals surface area contributed by atoms with Crippen molar-refractivity contribution in [3.63, 3.8) is 0 Å². The van der Waals surface area contributed by atoms with Gasteiger partial charge in [-0.2, -0.15) is 0 Å². The third kappa shape index (κ3) is 9.14. The van der Waals surface area contributed by atoms with Gasteiger partial charge >= 0.3 is 0 Å². The van der Waals surface area contributed by atoms with E-state index >= 15 is 0 Å². The Morgan fingerprint density at radius 1 is 1.02 bits per heavy atom. The van der Waals surface area contributed by atoms with Gasteiger partial charge < -0.3 is 15.5 Å². The maximum absolute atomic E-state index is 14.2. The van der Waals surface area contributed by atoms with E-state index in [4.69, 9.17) is 23.2 Å². The van der Waals surface area contributed by atoms with E-state index in [1.165, 1.54) is 24.5 Å². The number of hydrogen-bond donors (Lipinski definition) is 2. The normalized spacial score (nSPS) is 16.4. The van der Waals surface area contributed by atoms with Crippen LogP contribution in [-0.4, -0.2) is 77.3 Å². The van der Waals surface area contributed by atoms with Crippen LogP contribution in [0.2, 0.25) is 10.0 Å². The van der Waals surface area contributed by atoms with Crippen LogP contribution in [0.15, 0.2) is 67.0 Å². The fourth-order valence-electron chi connectivity index (χ4n) is 5.48. The van der Waals surface area contributed by atoms with Crippen LogP contribution >= 0.6 is 35.6 Å². The summed E-state index contributed by atoms with van der Waals surface area (Å²) >= 11 is 12.5. The Morgan fingerprint density at radius 2 is 1.73 bits per heavy atom. The van der Waals surface area contributed by atoms with Crippen molar-refractivity contribution in [2.24, 2.45) is 0 Å². The Hall–Kier alpha value is -3.24. The molecule has 3 aromatic rings. The molecule has 1 aromatic heterocycles. The molecule has 1 aliphatic heterocycles. The van der Waals surface area contributed by atoms with Gasteiger partial charge in [-0.1, -0.05) is 54.7 Å². The lowest BCUT2D eigenvalue weighted by Gasteiger charge is -2.45. The zero-order chi connectivity index (χ0) is 30.9. The van der Waals surface area contributed by atoms with Crippen LogP contribution in [0.1, 0.15) is 41.3 Å². The maximum atomic E-state index is 14.2. The molecule has 3 atom stereocenters. The molecular formula is C32H37Cl3FN5O3. The first-order chi connectivity index (χ1) is 20.7. The van der Waals surface area contributed by atoms with Gasteiger partial charge in [0.1, 0.15) is 11.9 Å². The molecule has 1 fully saturated rings. The molecule has 0 bridgehead atoms. The minimum absolute atomic E-state index is 0. The van der Waals surface area contributed by atoms with Gasteiger partial charge in [0.25, 0.3) is 5.91 Å². The first kappa shape index (κ1) is 35.2. The fourth-order valence-corrected chi connectivity index (χ4v) is 5.97. The lowest BCUT2D eigenvalue weighted by Crippen LogP contribution is -2.63. The number of rotatable bonds is 11. The predicted molar refractivity (Wildman–Crippen MR) is 173 cm³/mol. The molecule has 0 spiro atoms. The molecule has 2 N–H and O–H groups in total. The quantitative estimate of drug-likeness (QED) is 0.302. The monoisotopic (exact) mass is 663 g/mol. The average molecular weight is 665 g/mol. The largest absolute Gasteiger partial charge is 0.358 e. The molecule has 3 unspecified atom stereocenters. The van der Waals surface area contributed by atoms with Crippen molar-refractivity contribution in [3.05, 3.63) is 99.5 Å². The van der Waals surface area contributed by atoms with E-state index in [0.29, 0.717) is 48.1 Å². The van der Waals surface area contributed by atoms with E-state index in [1.54, 1.807) is 43.4 Å². The number of pyridine rings is 1. The number of halogens is 4. The Labute approximate surface area is 273 Å². The van der Waals surface area contributed by atoms with Gasteiger partial charge in [-0.25, -0.2) is 4.39 Å². The highest BCUT2D eigenvalue weighted by molar-refractivity contribution is 6.35. The summed E-state index contributed by atoms with van der Waals surface area (Å²) < 4.78 is 13.6. The van der Waals surface area contributed by atoms with E-state index in [-0.39, 0.29) is 42.5 Å². The van der Waals surface area contributed by atoms with Crippen LogP contribution in [0.25, 0.3) is 0 Å². The minimum Gasteiger partial charge on any atom is -0.358 e. The molecule has 0 aliphatic carbocycles. The summed E-state index contributed by atoms with van der Waals surface area (Å²) in [6, 6.07) is 12.8. The first-order valence-electron chi connectivity index (χ1n) is 14.4. The summed E-state index contributed by atoms with van der Waals surface area (Å²) in [5, 5.41) is 6.69. The highest BCUT2D eigenvalue weighted by Gasteiger charge is 2.38. The number of piperazine rings is 1. The lowest BCUT2D eigenvalue weighted by atomic mass is 9.98. The van der Waals surface area contributed by atoms with E-state index in [1.807, 2.05) is 17.9 Å². The molecule has 44 heavy (non-hydrogen) atoms. The molecule has 2 heterocycles. The van der Waals surface area contributed by atoms with Crippen molar-refractivity contribution < 1.29 is 18.8 Å². The number of aromatic nitrogens is 1. The molecule has 0 radical (unpaired) electrons. The van der Waals surface area contributed by atoms with Crippen LogP contribution in [0.3, 0.4) is 0 Å². The molecule has 8 nitrogen and oxygen atoms in total. The van der Waals surface area contributed by atoms with Gasteiger partial charge in [0, 0.05) is 67.1 Å². The van der Waals surface area contributed by atoms with E-state index in [2.05, 4.69) is 20.5 Å². The number of hydrogen-bond acceptors (Lipinski definition) is 5. The number of nitrogens with one attached hydrogen (secondary N) is 2. The highest BCUT2D eigenvalue weighted by atomic mass is 35.5. The average Bonchev–Trinajstić information content (AvgIpc) is 3.01. The van der Waals surface area contributed by atoms with Crippen molar-refractivity contribution >= 4 is 53.3 Å². The zero-order valence-electron chi connectivity index (χ0n) is 24.6. The summed E-state index contributed by atoms with van der Waals surface area (Å²) in [6.45, 7) is 3.35. The van der Waals surface area contributed by atoms with Crippen molar-refractivity contribution in [1.29, 1.82) is 0 Å². The van der Waals surface area contributed by atoms with Gasteiger partial charge in [-0.15, -0.1) is 12.4 Å². The second-order valence-electron chi connectivity index (χ2n) is 10.6. The summed E-state index contributed by atoms with van der Waals surface area (Å²) in [5.74, 6) is -1.13. The zero-order valence-corrected chi connectivity index (χ0v) is 27.0. The van der Waals surface area contributed by atoms with E-state index < -0.39 is 18.0 Å². The standard InChI is InChI=1S/C32H36Cl2FN5O3.ClH/c1-3-4-26-20-39(29(31(42)36-2)18-23-7-8-24(33)19-27(23)34)15-16-40(26)32(43)28(17-21-5-9-25(35)10-6-21)38-30(41)22-11-13-37-14-12-22;/h5-14,19,26,28-29H,3-4,15-18,20H2,1-2H3,(H,36,42)(H,38,41);1H. The summed E-state index contributed by atoms with van der Waals surface area (Å²) in [7, 11) is 1.60. The van der Waals surface area contributed by atoms with Crippen LogP contribution in [0, 0.1) is 5.82 Å². The topological polar surface area (TPSA) is 94.6 Å². The second kappa shape index (κ2) is 16.7. The van der Waals surface area contributed by atoms with Gasteiger partial charge in [-0.3, -0.25) is 24.3 Å². The fraction of sp³-hybridized carbons (Fsp3) is 0.375. The van der Waals surface area contributed by atoms with Crippen molar-refractivity contribution in [1.82, 2.24) is 25.4 Å². The SMILES string of the molecule is CCCC1CN(C(Cc2ccc(Cl)cc2Cl)C(=O)NC)CCN1C(=O)C(Cc1ccc(F)cc1)NC(=O)c1ccncc1.Cl. The molecule has 236 valence electrons. The molecule has 4 rings (SSSR count).